The first-order chi connectivity index (χ1) is 10.6. The smallest absolute Gasteiger partial charge is 0.335 e. The minimum atomic E-state index is -3.03. The van der Waals surface area contributed by atoms with Crippen LogP contribution in [0.4, 0.5) is 5.69 Å². The Bertz CT molecular complexity index is 568. The van der Waals surface area contributed by atoms with Crippen LogP contribution in [0.2, 0.25) is 0 Å². The quantitative estimate of drug-likeness (QED) is 0.667. The largest absolute Gasteiger partial charge is 0.381 e. The maximum atomic E-state index is 12.5. The Balaban J connectivity index is 1.91. The molecule has 0 atom stereocenters. The molecule has 0 amide bonds. The Hall–Kier alpha value is -1.35. The van der Waals surface area contributed by atoms with Gasteiger partial charge < -0.3 is 14.4 Å². The van der Waals surface area contributed by atoms with Crippen molar-refractivity contribution < 1.29 is 13.6 Å². The summed E-state index contributed by atoms with van der Waals surface area (Å²) in [4.78, 5) is 0. The molecule has 0 aliphatic heterocycles. The van der Waals surface area contributed by atoms with E-state index in [1.54, 1.807) is 0 Å². The van der Waals surface area contributed by atoms with Gasteiger partial charge in [0.15, 0.2) is 0 Å². The van der Waals surface area contributed by atoms with Crippen molar-refractivity contribution in [3.63, 3.8) is 0 Å². The monoisotopic (exact) mass is 321 g/mol. The van der Waals surface area contributed by atoms with Crippen LogP contribution in [0.15, 0.2) is 48.1 Å². The normalized spacial score (nSPS) is 14.2. The Morgan fingerprint density at radius 2 is 1.82 bits per heavy atom. The Morgan fingerprint density at radius 3 is 2.36 bits per heavy atom. The van der Waals surface area contributed by atoms with Crippen molar-refractivity contribution in [3.8, 4) is 0 Å². The van der Waals surface area contributed by atoms with E-state index in [1.165, 1.54) is 5.57 Å². The summed E-state index contributed by atoms with van der Waals surface area (Å²) < 4.78 is 23.1. The number of rotatable bonds is 9. The zero-order valence-corrected chi connectivity index (χ0v) is 14.1. The molecular formula is C17H24NO3P. The minimum Gasteiger partial charge on any atom is -0.381 e. The molecule has 0 heterocycles. The average Bonchev–Trinajstić information content (AvgIpc) is 3.00. The lowest BCUT2D eigenvalue weighted by Crippen LogP contribution is -2.03. The van der Waals surface area contributed by atoms with Crippen LogP contribution in [0.3, 0.4) is 0 Å². The molecule has 120 valence electrons. The Kier molecular flexibility index (Phi) is 6.44. The highest BCUT2D eigenvalue weighted by atomic mass is 31.2. The lowest BCUT2D eigenvalue weighted by Gasteiger charge is -2.17. The Morgan fingerprint density at radius 1 is 1.14 bits per heavy atom. The summed E-state index contributed by atoms with van der Waals surface area (Å²) >= 11 is 0. The first-order valence-electron chi connectivity index (χ1n) is 7.70. The van der Waals surface area contributed by atoms with E-state index in [1.807, 2.05) is 38.1 Å². The van der Waals surface area contributed by atoms with Gasteiger partial charge in [-0.15, -0.1) is 0 Å². The minimum absolute atomic E-state index is 0.310. The molecule has 0 spiro atoms. The van der Waals surface area contributed by atoms with Crippen molar-refractivity contribution in [3.05, 3.63) is 53.6 Å². The van der Waals surface area contributed by atoms with Gasteiger partial charge in [-0.05, 0) is 43.5 Å². The van der Waals surface area contributed by atoms with Crippen molar-refractivity contribution in [1.29, 1.82) is 0 Å². The molecule has 0 bridgehead atoms. The molecule has 1 N–H and O–H groups in total. The fourth-order valence-corrected chi connectivity index (χ4v) is 4.01. The van der Waals surface area contributed by atoms with E-state index in [4.69, 9.17) is 9.05 Å². The molecule has 5 heteroatoms. The van der Waals surface area contributed by atoms with Crippen molar-refractivity contribution >= 4 is 13.3 Å². The molecule has 0 radical (unpaired) electrons. The van der Waals surface area contributed by atoms with Gasteiger partial charge in [-0.1, -0.05) is 30.4 Å². The van der Waals surface area contributed by atoms with Gasteiger partial charge in [0, 0.05) is 12.2 Å². The molecule has 1 aliphatic carbocycles. The third-order valence-electron chi connectivity index (χ3n) is 3.35. The zero-order chi connectivity index (χ0) is 15.8. The maximum Gasteiger partial charge on any atom is 0.335 e. The lowest BCUT2D eigenvalue weighted by atomic mass is 10.2. The van der Waals surface area contributed by atoms with Gasteiger partial charge in [-0.2, -0.15) is 0 Å². The Labute approximate surface area is 132 Å². The number of benzene rings is 1. The molecule has 0 fully saturated rings. The average molecular weight is 321 g/mol. The van der Waals surface area contributed by atoms with E-state index in [-0.39, 0.29) is 0 Å². The number of nitrogens with one attached hydrogen (secondary N) is 1. The molecule has 0 saturated heterocycles. The number of hydrogen-bond donors (Lipinski definition) is 1. The van der Waals surface area contributed by atoms with Crippen LogP contribution < -0.4 is 5.32 Å². The second-order valence-corrected chi connectivity index (χ2v) is 7.17. The van der Waals surface area contributed by atoms with Crippen LogP contribution in [0, 0.1) is 0 Å². The van der Waals surface area contributed by atoms with Crippen LogP contribution in [-0.4, -0.2) is 19.8 Å². The molecule has 4 nitrogen and oxygen atoms in total. The highest BCUT2D eigenvalue weighted by Crippen LogP contribution is 2.51. The van der Waals surface area contributed by atoms with Crippen LogP contribution >= 0.6 is 7.60 Å². The summed E-state index contributed by atoms with van der Waals surface area (Å²) in [5.74, 6) is 0. The second-order valence-electron chi connectivity index (χ2n) is 5.11. The fraction of sp³-hybridized carbons (Fsp3) is 0.412. The van der Waals surface area contributed by atoms with Gasteiger partial charge in [0.1, 0.15) is 0 Å². The number of hydrogen-bond acceptors (Lipinski definition) is 4. The van der Waals surface area contributed by atoms with E-state index in [9.17, 15) is 4.57 Å². The first kappa shape index (κ1) is 17.0. The molecular weight excluding hydrogens is 297 g/mol. The van der Waals surface area contributed by atoms with E-state index in [2.05, 4.69) is 23.5 Å². The summed E-state index contributed by atoms with van der Waals surface area (Å²) in [6, 6.07) is 7.93. The fourth-order valence-electron chi connectivity index (χ4n) is 2.31. The van der Waals surface area contributed by atoms with Gasteiger partial charge in [-0.3, -0.25) is 4.57 Å². The van der Waals surface area contributed by atoms with Crippen LogP contribution in [-0.2, 0) is 19.8 Å². The summed E-state index contributed by atoms with van der Waals surface area (Å²) in [5.41, 5.74) is 3.39. The van der Waals surface area contributed by atoms with Gasteiger partial charge in [0.2, 0.25) is 0 Å². The second kappa shape index (κ2) is 8.33. The van der Waals surface area contributed by atoms with E-state index >= 15 is 0 Å². The summed E-state index contributed by atoms with van der Waals surface area (Å²) in [7, 11) is -3.03. The van der Waals surface area contributed by atoms with Crippen LogP contribution in [0.1, 0.15) is 25.8 Å². The van der Waals surface area contributed by atoms with Crippen LogP contribution in [0.5, 0.6) is 0 Å². The van der Waals surface area contributed by atoms with Gasteiger partial charge in [-0.25, -0.2) is 0 Å². The summed E-state index contributed by atoms with van der Waals surface area (Å²) in [6.45, 7) is 5.28. The van der Waals surface area contributed by atoms with E-state index in [0.29, 0.717) is 19.4 Å². The summed E-state index contributed by atoms with van der Waals surface area (Å²) in [6.07, 6.45) is 7.71. The topological polar surface area (TPSA) is 47.6 Å². The number of allylic oxidation sites excluding steroid dienone is 3. The predicted molar refractivity (Wildman–Crippen MR) is 91.3 cm³/mol. The molecule has 1 aromatic carbocycles. The van der Waals surface area contributed by atoms with Crippen molar-refractivity contribution in [2.75, 3.05) is 25.1 Å². The molecule has 1 aromatic rings. The molecule has 0 unspecified atom stereocenters. The highest BCUT2D eigenvalue weighted by Gasteiger charge is 2.23. The van der Waals surface area contributed by atoms with E-state index < -0.39 is 7.60 Å². The zero-order valence-electron chi connectivity index (χ0n) is 13.2. The molecule has 0 aromatic heterocycles. The lowest BCUT2D eigenvalue weighted by molar-refractivity contribution is 0.219. The highest BCUT2D eigenvalue weighted by molar-refractivity contribution is 7.53. The third-order valence-corrected chi connectivity index (χ3v) is 5.41. The third kappa shape index (κ3) is 5.13. The van der Waals surface area contributed by atoms with E-state index in [0.717, 1.165) is 24.2 Å². The van der Waals surface area contributed by atoms with Crippen molar-refractivity contribution in [2.24, 2.45) is 0 Å². The predicted octanol–water partition coefficient (Wildman–Crippen LogP) is 4.75. The van der Waals surface area contributed by atoms with Gasteiger partial charge in [0.25, 0.3) is 0 Å². The van der Waals surface area contributed by atoms with Crippen molar-refractivity contribution in [1.82, 2.24) is 0 Å². The molecule has 2 rings (SSSR count). The maximum absolute atomic E-state index is 12.5. The van der Waals surface area contributed by atoms with Gasteiger partial charge in [0.05, 0.1) is 19.4 Å². The van der Waals surface area contributed by atoms with Crippen molar-refractivity contribution in [2.45, 2.75) is 26.4 Å². The first-order valence-corrected chi connectivity index (χ1v) is 9.43. The standard InChI is InChI=1S/C17H24NO3P/c1-3-20-22(19,21-4-2)14-16-9-11-17(12-10-16)18-13-15-7-5-6-8-15/h5-7,9-12,18H,3-4,8,13-14H2,1-2H3. The SMILES string of the molecule is CCOP(=O)(Cc1ccc(NCC2=CC=CC2)cc1)OCC. The van der Waals surface area contributed by atoms with Gasteiger partial charge >= 0.3 is 7.60 Å². The molecule has 1 aliphatic rings. The molecule has 22 heavy (non-hydrogen) atoms. The summed E-state index contributed by atoms with van der Waals surface area (Å²) in [5, 5.41) is 3.39. The van der Waals surface area contributed by atoms with Crippen LogP contribution in [0.25, 0.3) is 0 Å². The number of anilines is 1. The molecule has 0 saturated carbocycles.